The van der Waals surface area contributed by atoms with Crippen molar-refractivity contribution in [3.8, 4) is 0 Å². The molecule has 2 heterocycles. The van der Waals surface area contributed by atoms with Crippen LogP contribution in [0.5, 0.6) is 0 Å². The summed E-state index contributed by atoms with van der Waals surface area (Å²) in [5.41, 5.74) is 1.16. The fraction of sp³-hybridized carbons (Fsp3) is 0.0625. The molecule has 0 aliphatic heterocycles. The van der Waals surface area contributed by atoms with Gasteiger partial charge in [0.1, 0.15) is 17.3 Å². The summed E-state index contributed by atoms with van der Waals surface area (Å²) in [6.45, 7) is 0.317. The topological polar surface area (TPSA) is 80.0 Å². The van der Waals surface area contributed by atoms with Crippen LogP contribution in [0.3, 0.4) is 0 Å². The smallest absolute Gasteiger partial charge is 0.271 e. The lowest BCUT2D eigenvalue weighted by Crippen LogP contribution is -2.23. The molecule has 0 unspecified atom stereocenters. The van der Waals surface area contributed by atoms with Gasteiger partial charge in [0, 0.05) is 5.69 Å². The molecule has 2 N–H and O–H groups in total. The Morgan fingerprint density at radius 1 is 1.05 bits per heavy atom. The molecule has 0 spiro atoms. The minimum atomic E-state index is -0.296. The average molecular weight is 294 g/mol. The van der Waals surface area contributed by atoms with Gasteiger partial charge in [0.25, 0.3) is 5.91 Å². The zero-order chi connectivity index (χ0) is 15.2. The normalized spacial score (nSPS) is 10.2. The Morgan fingerprint density at radius 3 is 2.59 bits per heavy atom. The number of nitrogens with one attached hydrogen (secondary N) is 2. The zero-order valence-electron chi connectivity index (χ0n) is 11.7. The van der Waals surface area contributed by atoms with E-state index in [1.165, 1.54) is 12.4 Å². The van der Waals surface area contributed by atoms with Gasteiger partial charge in [-0.25, -0.2) is 9.97 Å². The third kappa shape index (κ3) is 3.49. The molecule has 22 heavy (non-hydrogen) atoms. The second kappa shape index (κ2) is 6.53. The van der Waals surface area contributed by atoms with Gasteiger partial charge in [0.2, 0.25) is 0 Å². The van der Waals surface area contributed by atoms with E-state index in [-0.39, 0.29) is 11.6 Å². The van der Waals surface area contributed by atoms with E-state index in [0.717, 1.165) is 5.69 Å². The molecule has 3 rings (SSSR count). The number of para-hydroxylation sites is 1. The maximum absolute atomic E-state index is 11.9. The molecule has 1 amide bonds. The largest absolute Gasteiger partial charge is 0.467 e. The molecule has 0 bridgehead atoms. The third-order valence-corrected chi connectivity index (χ3v) is 2.93. The first-order valence-electron chi connectivity index (χ1n) is 6.76. The van der Waals surface area contributed by atoms with E-state index >= 15 is 0 Å². The fourth-order valence-electron chi connectivity index (χ4n) is 1.85. The van der Waals surface area contributed by atoms with Gasteiger partial charge in [-0.2, -0.15) is 0 Å². The minimum Gasteiger partial charge on any atom is -0.467 e. The summed E-state index contributed by atoms with van der Waals surface area (Å²) >= 11 is 0. The molecule has 0 aliphatic carbocycles. The number of carbonyl (C=O) groups is 1. The van der Waals surface area contributed by atoms with E-state index in [9.17, 15) is 4.79 Å². The Hall–Kier alpha value is -3.15. The minimum absolute atomic E-state index is 0.255. The monoisotopic (exact) mass is 294 g/mol. The number of furan rings is 1. The maximum atomic E-state index is 11.9. The molecule has 0 saturated heterocycles. The number of carbonyl (C=O) groups excluding carboxylic acids is 1. The van der Waals surface area contributed by atoms with Crippen LogP contribution in [0.25, 0.3) is 0 Å². The maximum Gasteiger partial charge on any atom is 0.271 e. The SMILES string of the molecule is O=C(NCc1ccco1)c1cnc(Nc2ccccc2)cn1. The van der Waals surface area contributed by atoms with Crippen LogP contribution in [0, 0.1) is 0 Å². The van der Waals surface area contributed by atoms with Crippen LogP contribution in [0.15, 0.2) is 65.5 Å². The molecule has 0 aliphatic rings. The van der Waals surface area contributed by atoms with Crippen LogP contribution in [-0.2, 0) is 6.54 Å². The van der Waals surface area contributed by atoms with Crippen molar-refractivity contribution in [3.05, 3.63) is 72.6 Å². The highest BCUT2D eigenvalue weighted by atomic mass is 16.3. The Labute approximate surface area is 127 Å². The molecule has 0 radical (unpaired) electrons. The van der Waals surface area contributed by atoms with Crippen molar-refractivity contribution in [2.45, 2.75) is 6.54 Å². The lowest BCUT2D eigenvalue weighted by atomic mass is 10.3. The molecule has 0 fully saturated rings. The van der Waals surface area contributed by atoms with E-state index in [2.05, 4.69) is 20.6 Å². The van der Waals surface area contributed by atoms with Gasteiger partial charge >= 0.3 is 0 Å². The number of amides is 1. The molecular weight excluding hydrogens is 280 g/mol. The van der Waals surface area contributed by atoms with Gasteiger partial charge < -0.3 is 15.1 Å². The van der Waals surface area contributed by atoms with Crippen molar-refractivity contribution in [2.24, 2.45) is 0 Å². The van der Waals surface area contributed by atoms with Gasteiger partial charge in [-0.05, 0) is 24.3 Å². The van der Waals surface area contributed by atoms with Gasteiger partial charge in [0.05, 0.1) is 25.2 Å². The Bertz CT molecular complexity index is 725. The summed E-state index contributed by atoms with van der Waals surface area (Å²) in [7, 11) is 0. The zero-order valence-corrected chi connectivity index (χ0v) is 11.7. The highest BCUT2D eigenvalue weighted by Gasteiger charge is 2.08. The number of hydrogen-bond donors (Lipinski definition) is 2. The molecule has 1 aromatic carbocycles. The summed E-state index contributed by atoms with van der Waals surface area (Å²) in [5, 5.41) is 5.82. The molecule has 3 aromatic rings. The number of nitrogens with zero attached hydrogens (tertiary/aromatic N) is 2. The summed E-state index contributed by atoms with van der Waals surface area (Å²) in [6, 6.07) is 13.2. The predicted molar refractivity (Wildman–Crippen MR) is 81.6 cm³/mol. The van der Waals surface area contributed by atoms with Crippen molar-refractivity contribution >= 4 is 17.4 Å². The van der Waals surface area contributed by atoms with E-state index < -0.39 is 0 Å². The van der Waals surface area contributed by atoms with Crippen LogP contribution in [-0.4, -0.2) is 15.9 Å². The lowest BCUT2D eigenvalue weighted by Gasteiger charge is -2.06. The van der Waals surface area contributed by atoms with E-state index in [4.69, 9.17) is 4.42 Å². The summed E-state index contributed by atoms with van der Waals surface area (Å²) in [4.78, 5) is 20.2. The third-order valence-electron chi connectivity index (χ3n) is 2.93. The van der Waals surface area contributed by atoms with Crippen LogP contribution in [0.1, 0.15) is 16.2 Å². The van der Waals surface area contributed by atoms with Crippen molar-refractivity contribution in [2.75, 3.05) is 5.32 Å². The number of hydrogen-bond acceptors (Lipinski definition) is 5. The second-order valence-corrected chi connectivity index (χ2v) is 4.54. The summed E-state index contributed by atoms with van der Waals surface area (Å²) in [5.74, 6) is 0.965. The molecule has 0 saturated carbocycles. The first kappa shape index (κ1) is 13.8. The Kier molecular flexibility index (Phi) is 4.10. The lowest BCUT2D eigenvalue weighted by molar-refractivity contribution is 0.0942. The van der Waals surface area contributed by atoms with Crippen LogP contribution < -0.4 is 10.6 Å². The van der Waals surface area contributed by atoms with Crippen molar-refractivity contribution in [1.29, 1.82) is 0 Å². The molecule has 2 aromatic heterocycles. The van der Waals surface area contributed by atoms with Gasteiger partial charge in [0.15, 0.2) is 0 Å². The molecule has 6 nitrogen and oxygen atoms in total. The second-order valence-electron chi connectivity index (χ2n) is 4.54. The molecule has 110 valence electrons. The predicted octanol–water partition coefficient (Wildman–Crippen LogP) is 2.74. The van der Waals surface area contributed by atoms with Gasteiger partial charge in [-0.1, -0.05) is 18.2 Å². The van der Waals surface area contributed by atoms with Crippen molar-refractivity contribution < 1.29 is 9.21 Å². The van der Waals surface area contributed by atoms with Crippen molar-refractivity contribution in [1.82, 2.24) is 15.3 Å². The van der Waals surface area contributed by atoms with E-state index in [0.29, 0.717) is 18.1 Å². The fourth-order valence-corrected chi connectivity index (χ4v) is 1.85. The number of rotatable bonds is 5. The number of anilines is 2. The summed E-state index contributed by atoms with van der Waals surface area (Å²) in [6.07, 6.45) is 4.52. The van der Waals surface area contributed by atoms with Crippen LogP contribution >= 0.6 is 0 Å². The van der Waals surface area contributed by atoms with Crippen LogP contribution in [0.4, 0.5) is 11.5 Å². The standard InChI is InChI=1S/C16H14N4O2/c21-16(19-9-13-7-4-8-22-13)14-10-18-15(11-17-14)20-12-5-2-1-3-6-12/h1-8,10-11H,9H2,(H,18,20)(H,19,21). The van der Waals surface area contributed by atoms with E-state index in [1.807, 2.05) is 30.3 Å². The number of benzene rings is 1. The average Bonchev–Trinajstić information content (AvgIpc) is 3.08. The Balaban J connectivity index is 1.60. The van der Waals surface area contributed by atoms with E-state index in [1.54, 1.807) is 18.4 Å². The highest BCUT2D eigenvalue weighted by molar-refractivity contribution is 5.91. The number of aromatic nitrogens is 2. The first-order chi connectivity index (χ1) is 10.8. The van der Waals surface area contributed by atoms with Crippen molar-refractivity contribution in [3.63, 3.8) is 0 Å². The molecule has 0 atom stereocenters. The van der Waals surface area contributed by atoms with Gasteiger partial charge in [-0.3, -0.25) is 4.79 Å². The van der Waals surface area contributed by atoms with Crippen LogP contribution in [0.2, 0.25) is 0 Å². The summed E-state index contributed by atoms with van der Waals surface area (Å²) < 4.78 is 5.14. The molecule has 6 heteroatoms. The first-order valence-corrected chi connectivity index (χ1v) is 6.76. The highest BCUT2D eigenvalue weighted by Crippen LogP contribution is 2.12. The molecular formula is C16H14N4O2. The quantitative estimate of drug-likeness (QED) is 0.756. The Morgan fingerprint density at radius 2 is 1.91 bits per heavy atom. The van der Waals surface area contributed by atoms with Gasteiger partial charge in [-0.15, -0.1) is 0 Å².